The van der Waals surface area contributed by atoms with Gasteiger partial charge in [-0.15, -0.1) is 0 Å². The fourth-order valence-corrected chi connectivity index (χ4v) is 2.72. The summed E-state index contributed by atoms with van der Waals surface area (Å²) >= 11 is 0. The molecule has 0 radical (unpaired) electrons. The first-order valence-corrected chi connectivity index (χ1v) is 4.42. The lowest BCUT2D eigenvalue weighted by molar-refractivity contribution is 0.169. The van der Waals surface area contributed by atoms with Crippen LogP contribution in [0.3, 0.4) is 0 Å². The summed E-state index contributed by atoms with van der Waals surface area (Å²) in [4.78, 5) is 0. The number of hydrogen-bond acceptors (Lipinski definition) is 0. The van der Waals surface area contributed by atoms with Crippen LogP contribution in [0, 0.1) is 17.8 Å². The molecule has 3 atom stereocenters. The molecule has 0 saturated heterocycles. The largest absolute Gasteiger partial charge is 0.0651 e. The molecular weight excluding hydrogens is 108 g/mol. The van der Waals surface area contributed by atoms with Crippen molar-refractivity contribution in [2.75, 3.05) is 0 Å². The van der Waals surface area contributed by atoms with Crippen LogP contribution in [0.5, 0.6) is 0 Å². The fourth-order valence-electron chi connectivity index (χ4n) is 2.72. The standard InChI is InChI=1S/C9H16/c1-2-7-3-4-8-5-6-9(7)8/h7-9H,2-6H2,1H3/t7?,8-,9?/m0/s1. The molecule has 0 heterocycles. The number of fused-ring (bicyclic) bond motifs is 1. The summed E-state index contributed by atoms with van der Waals surface area (Å²) in [5, 5.41) is 0. The maximum Gasteiger partial charge on any atom is -0.0357 e. The van der Waals surface area contributed by atoms with E-state index < -0.39 is 0 Å². The molecule has 0 aromatic rings. The molecule has 0 N–H and O–H groups in total. The Morgan fingerprint density at radius 1 is 1.11 bits per heavy atom. The van der Waals surface area contributed by atoms with E-state index in [1.54, 1.807) is 25.7 Å². The zero-order chi connectivity index (χ0) is 6.27. The van der Waals surface area contributed by atoms with E-state index in [4.69, 9.17) is 0 Å². The van der Waals surface area contributed by atoms with Gasteiger partial charge in [-0.1, -0.05) is 13.3 Å². The van der Waals surface area contributed by atoms with Crippen molar-refractivity contribution in [3.63, 3.8) is 0 Å². The van der Waals surface area contributed by atoms with E-state index in [2.05, 4.69) is 6.92 Å². The summed E-state index contributed by atoms with van der Waals surface area (Å²) in [5.41, 5.74) is 0. The SMILES string of the molecule is CCC1CC[C@H]2CCC12. The second-order valence-corrected chi connectivity index (χ2v) is 3.75. The molecule has 2 unspecified atom stereocenters. The van der Waals surface area contributed by atoms with Crippen LogP contribution in [0.4, 0.5) is 0 Å². The van der Waals surface area contributed by atoms with Gasteiger partial charge in [-0.25, -0.2) is 0 Å². The molecule has 0 bridgehead atoms. The second-order valence-electron chi connectivity index (χ2n) is 3.75. The molecule has 2 saturated carbocycles. The van der Waals surface area contributed by atoms with E-state index in [9.17, 15) is 0 Å². The van der Waals surface area contributed by atoms with Crippen molar-refractivity contribution >= 4 is 0 Å². The van der Waals surface area contributed by atoms with E-state index >= 15 is 0 Å². The molecule has 2 aliphatic rings. The van der Waals surface area contributed by atoms with Crippen LogP contribution in [0.15, 0.2) is 0 Å². The molecule has 0 spiro atoms. The number of rotatable bonds is 1. The summed E-state index contributed by atoms with van der Waals surface area (Å²) in [6.07, 6.45) is 7.67. The third kappa shape index (κ3) is 0.720. The maximum atomic E-state index is 2.35. The van der Waals surface area contributed by atoms with Crippen LogP contribution in [0.1, 0.15) is 39.0 Å². The Balaban J connectivity index is 1.97. The highest BCUT2D eigenvalue weighted by atomic mass is 14.5. The van der Waals surface area contributed by atoms with E-state index in [0.29, 0.717) is 0 Å². The first-order chi connectivity index (χ1) is 4.42. The minimum absolute atomic E-state index is 1.13. The lowest BCUT2D eigenvalue weighted by Gasteiger charge is -2.33. The van der Waals surface area contributed by atoms with Gasteiger partial charge in [-0.3, -0.25) is 0 Å². The monoisotopic (exact) mass is 124 g/mol. The zero-order valence-corrected chi connectivity index (χ0v) is 6.27. The van der Waals surface area contributed by atoms with Crippen molar-refractivity contribution in [2.45, 2.75) is 39.0 Å². The molecule has 0 aromatic carbocycles. The van der Waals surface area contributed by atoms with Gasteiger partial charge in [0.15, 0.2) is 0 Å². The summed E-state index contributed by atoms with van der Waals surface area (Å²) in [5.74, 6) is 3.48. The normalized spacial score (nSPS) is 48.3. The van der Waals surface area contributed by atoms with Crippen molar-refractivity contribution in [2.24, 2.45) is 17.8 Å². The van der Waals surface area contributed by atoms with Gasteiger partial charge >= 0.3 is 0 Å². The van der Waals surface area contributed by atoms with Gasteiger partial charge in [0.25, 0.3) is 0 Å². The maximum absolute atomic E-state index is 2.35. The van der Waals surface area contributed by atoms with Crippen LogP contribution in [-0.4, -0.2) is 0 Å². The van der Waals surface area contributed by atoms with Crippen LogP contribution < -0.4 is 0 Å². The molecule has 0 amide bonds. The van der Waals surface area contributed by atoms with E-state index in [1.165, 1.54) is 18.3 Å². The van der Waals surface area contributed by atoms with Crippen LogP contribution in [0.25, 0.3) is 0 Å². The zero-order valence-electron chi connectivity index (χ0n) is 6.27. The molecule has 0 nitrogen and oxygen atoms in total. The molecule has 0 heteroatoms. The molecule has 2 fully saturated rings. The van der Waals surface area contributed by atoms with Gasteiger partial charge in [-0.2, -0.15) is 0 Å². The van der Waals surface area contributed by atoms with Gasteiger partial charge in [-0.05, 0) is 43.4 Å². The third-order valence-corrected chi connectivity index (χ3v) is 3.51. The molecule has 0 aromatic heterocycles. The number of hydrogen-bond donors (Lipinski definition) is 0. The summed E-state index contributed by atoms with van der Waals surface area (Å²) in [7, 11) is 0. The topological polar surface area (TPSA) is 0 Å². The minimum Gasteiger partial charge on any atom is -0.0651 e. The van der Waals surface area contributed by atoms with Crippen LogP contribution >= 0.6 is 0 Å². The minimum atomic E-state index is 1.13. The molecular formula is C9H16. The Bertz CT molecular complexity index is 105. The van der Waals surface area contributed by atoms with Crippen molar-refractivity contribution in [3.8, 4) is 0 Å². The smallest absolute Gasteiger partial charge is 0.0357 e. The Hall–Kier alpha value is 0. The molecule has 0 aliphatic heterocycles. The Morgan fingerprint density at radius 3 is 2.22 bits per heavy atom. The summed E-state index contributed by atoms with van der Waals surface area (Å²) < 4.78 is 0. The van der Waals surface area contributed by atoms with Crippen molar-refractivity contribution < 1.29 is 0 Å². The van der Waals surface area contributed by atoms with Crippen molar-refractivity contribution in [1.29, 1.82) is 0 Å². The van der Waals surface area contributed by atoms with E-state index in [0.717, 1.165) is 5.92 Å². The van der Waals surface area contributed by atoms with Crippen molar-refractivity contribution in [3.05, 3.63) is 0 Å². The van der Waals surface area contributed by atoms with Gasteiger partial charge < -0.3 is 0 Å². The predicted octanol–water partition coefficient (Wildman–Crippen LogP) is 2.83. The van der Waals surface area contributed by atoms with E-state index in [1.807, 2.05) is 0 Å². The Kier molecular flexibility index (Phi) is 1.28. The third-order valence-electron chi connectivity index (χ3n) is 3.51. The van der Waals surface area contributed by atoms with Crippen LogP contribution in [0.2, 0.25) is 0 Å². The molecule has 52 valence electrons. The summed E-state index contributed by atoms with van der Waals surface area (Å²) in [6, 6.07) is 0. The van der Waals surface area contributed by atoms with Crippen molar-refractivity contribution in [1.82, 2.24) is 0 Å². The molecule has 9 heavy (non-hydrogen) atoms. The Morgan fingerprint density at radius 2 is 1.89 bits per heavy atom. The summed E-state index contributed by atoms with van der Waals surface area (Å²) in [6.45, 7) is 2.35. The second kappa shape index (κ2) is 2.00. The highest BCUT2D eigenvalue weighted by molar-refractivity contribution is 4.91. The van der Waals surface area contributed by atoms with E-state index in [-0.39, 0.29) is 0 Å². The lowest BCUT2D eigenvalue weighted by Crippen LogP contribution is -2.24. The molecule has 2 aliphatic carbocycles. The van der Waals surface area contributed by atoms with Gasteiger partial charge in [0.2, 0.25) is 0 Å². The van der Waals surface area contributed by atoms with Gasteiger partial charge in [0.05, 0.1) is 0 Å². The van der Waals surface area contributed by atoms with Gasteiger partial charge in [0.1, 0.15) is 0 Å². The highest BCUT2D eigenvalue weighted by Gasteiger charge is 2.40. The fraction of sp³-hybridized carbons (Fsp3) is 1.00. The first-order valence-electron chi connectivity index (χ1n) is 4.42. The van der Waals surface area contributed by atoms with Crippen LogP contribution in [-0.2, 0) is 0 Å². The first kappa shape index (κ1) is 5.76. The average Bonchev–Trinajstić information content (AvgIpc) is 2.07. The Labute approximate surface area is 57.6 Å². The highest BCUT2D eigenvalue weighted by Crippen LogP contribution is 2.51. The quantitative estimate of drug-likeness (QED) is 0.504. The molecule has 2 rings (SSSR count). The van der Waals surface area contributed by atoms with Gasteiger partial charge in [0, 0.05) is 0 Å². The average molecular weight is 124 g/mol. The lowest BCUT2D eigenvalue weighted by atomic mass is 9.72. The predicted molar refractivity (Wildman–Crippen MR) is 39.2 cm³/mol.